The first-order valence-electron chi connectivity index (χ1n) is 5.47. The lowest BCUT2D eigenvalue weighted by Gasteiger charge is -2.38. The van der Waals surface area contributed by atoms with Gasteiger partial charge in [0.05, 0.1) is 5.56 Å². The predicted molar refractivity (Wildman–Crippen MR) is 61.6 cm³/mol. The van der Waals surface area contributed by atoms with Gasteiger partial charge in [0.1, 0.15) is 0 Å². The highest BCUT2D eigenvalue weighted by Crippen LogP contribution is 2.21. The van der Waals surface area contributed by atoms with Crippen LogP contribution in [0.5, 0.6) is 0 Å². The van der Waals surface area contributed by atoms with Crippen molar-refractivity contribution in [3.8, 4) is 0 Å². The van der Waals surface area contributed by atoms with Gasteiger partial charge < -0.3 is 4.98 Å². The Hall–Kier alpha value is -1.36. The van der Waals surface area contributed by atoms with Crippen LogP contribution in [0.4, 0.5) is 0 Å². The zero-order valence-corrected chi connectivity index (χ0v) is 9.89. The molecule has 0 saturated heterocycles. The summed E-state index contributed by atoms with van der Waals surface area (Å²) < 4.78 is 0. The molecule has 0 saturated carbocycles. The zero-order chi connectivity index (χ0) is 11.9. The summed E-state index contributed by atoms with van der Waals surface area (Å²) in [5, 5.41) is 0. The fourth-order valence-corrected chi connectivity index (χ4v) is 2.03. The van der Waals surface area contributed by atoms with E-state index in [1.165, 1.54) is 0 Å². The molecule has 2 N–H and O–H groups in total. The van der Waals surface area contributed by atoms with Crippen LogP contribution < -0.4 is 11.2 Å². The molecule has 0 fully saturated rings. The van der Waals surface area contributed by atoms with E-state index in [-0.39, 0.29) is 11.1 Å². The van der Waals surface area contributed by atoms with Gasteiger partial charge in [0.15, 0.2) is 0 Å². The van der Waals surface area contributed by atoms with Crippen LogP contribution in [0.2, 0.25) is 0 Å². The smallest absolute Gasteiger partial charge is 0.311 e. The number of aromatic amines is 2. The van der Waals surface area contributed by atoms with E-state index in [0.29, 0.717) is 12.1 Å². The van der Waals surface area contributed by atoms with Crippen LogP contribution in [0, 0.1) is 0 Å². The molecule has 1 aliphatic rings. The molecular formula is C11H17N3O2. The second-order valence-corrected chi connectivity index (χ2v) is 5.21. The third-order valence-electron chi connectivity index (χ3n) is 3.06. The van der Waals surface area contributed by atoms with Crippen molar-refractivity contribution < 1.29 is 0 Å². The van der Waals surface area contributed by atoms with Gasteiger partial charge in [-0.15, -0.1) is 0 Å². The summed E-state index contributed by atoms with van der Waals surface area (Å²) in [7, 11) is 0. The second-order valence-electron chi connectivity index (χ2n) is 5.21. The van der Waals surface area contributed by atoms with Crippen molar-refractivity contribution in [1.82, 2.24) is 14.9 Å². The van der Waals surface area contributed by atoms with Crippen LogP contribution in [0.25, 0.3) is 0 Å². The number of fused-ring (bicyclic) bond motifs is 1. The van der Waals surface area contributed by atoms with E-state index in [1.807, 2.05) is 0 Å². The standard InChI is InChI=1S/C11H17N3O2/c1-11(2,3)14-5-4-8-7(6-14)9(15)13-10(16)12-8/h4-6H2,1-3H3,(H2,12,13,15,16). The normalized spacial score (nSPS) is 17.2. The summed E-state index contributed by atoms with van der Waals surface area (Å²) in [6.07, 6.45) is 0.728. The number of hydrogen-bond donors (Lipinski definition) is 2. The van der Waals surface area contributed by atoms with Crippen LogP contribution in [0.1, 0.15) is 32.0 Å². The molecule has 16 heavy (non-hydrogen) atoms. The summed E-state index contributed by atoms with van der Waals surface area (Å²) in [6.45, 7) is 7.84. The van der Waals surface area contributed by atoms with Crippen molar-refractivity contribution >= 4 is 0 Å². The van der Waals surface area contributed by atoms with Crippen LogP contribution in [-0.2, 0) is 13.0 Å². The Bertz CT molecular complexity index is 507. The highest BCUT2D eigenvalue weighted by atomic mass is 16.2. The fourth-order valence-electron chi connectivity index (χ4n) is 2.03. The van der Waals surface area contributed by atoms with Gasteiger partial charge in [-0.05, 0) is 20.8 Å². The largest absolute Gasteiger partial charge is 0.325 e. The summed E-state index contributed by atoms with van der Waals surface area (Å²) in [5.74, 6) is 0. The maximum Gasteiger partial charge on any atom is 0.325 e. The summed E-state index contributed by atoms with van der Waals surface area (Å²) in [4.78, 5) is 30.0. The first-order valence-corrected chi connectivity index (χ1v) is 5.47. The highest BCUT2D eigenvalue weighted by molar-refractivity contribution is 5.19. The summed E-state index contributed by atoms with van der Waals surface area (Å²) in [6, 6.07) is 0. The van der Waals surface area contributed by atoms with E-state index >= 15 is 0 Å². The highest BCUT2D eigenvalue weighted by Gasteiger charge is 2.27. The molecule has 0 radical (unpaired) electrons. The maximum absolute atomic E-state index is 11.7. The molecule has 0 unspecified atom stereocenters. The number of aromatic nitrogens is 2. The number of rotatable bonds is 0. The predicted octanol–water partition coefficient (Wildman–Crippen LogP) is 0.220. The minimum atomic E-state index is -0.409. The third kappa shape index (κ3) is 1.95. The van der Waals surface area contributed by atoms with Crippen molar-refractivity contribution in [1.29, 1.82) is 0 Å². The lowest BCUT2D eigenvalue weighted by atomic mass is 9.99. The lowest BCUT2D eigenvalue weighted by Crippen LogP contribution is -2.47. The zero-order valence-electron chi connectivity index (χ0n) is 9.89. The van der Waals surface area contributed by atoms with E-state index in [9.17, 15) is 9.59 Å². The molecule has 0 amide bonds. The molecule has 5 nitrogen and oxygen atoms in total. The van der Waals surface area contributed by atoms with Crippen molar-refractivity contribution in [3.63, 3.8) is 0 Å². The number of nitrogens with one attached hydrogen (secondary N) is 2. The molecule has 5 heteroatoms. The molecular weight excluding hydrogens is 206 g/mol. The van der Waals surface area contributed by atoms with Crippen molar-refractivity contribution in [3.05, 3.63) is 32.1 Å². The fraction of sp³-hybridized carbons (Fsp3) is 0.636. The molecule has 1 aliphatic heterocycles. The number of nitrogens with zero attached hydrogens (tertiary/aromatic N) is 1. The molecule has 2 rings (SSSR count). The van der Waals surface area contributed by atoms with Crippen LogP contribution >= 0.6 is 0 Å². The second kappa shape index (κ2) is 3.59. The molecule has 1 aromatic heterocycles. The monoisotopic (exact) mass is 223 g/mol. The molecule has 0 bridgehead atoms. The van der Waals surface area contributed by atoms with Crippen molar-refractivity contribution in [2.75, 3.05) is 6.54 Å². The van der Waals surface area contributed by atoms with Gasteiger partial charge in [-0.2, -0.15) is 0 Å². The van der Waals surface area contributed by atoms with Gasteiger partial charge in [0.2, 0.25) is 0 Å². The van der Waals surface area contributed by atoms with E-state index in [2.05, 4.69) is 35.6 Å². The first kappa shape index (κ1) is 11.1. The van der Waals surface area contributed by atoms with Crippen molar-refractivity contribution in [2.24, 2.45) is 0 Å². The Balaban J connectivity index is 2.42. The average Bonchev–Trinajstić information content (AvgIpc) is 2.15. The molecule has 2 heterocycles. The maximum atomic E-state index is 11.7. The molecule has 88 valence electrons. The Morgan fingerprint density at radius 2 is 1.88 bits per heavy atom. The Morgan fingerprint density at radius 3 is 2.50 bits per heavy atom. The minimum Gasteiger partial charge on any atom is -0.311 e. The molecule has 0 atom stereocenters. The van der Waals surface area contributed by atoms with E-state index < -0.39 is 5.69 Å². The van der Waals surface area contributed by atoms with Gasteiger partial charge in [0.25, 0.3) is 5.56 Å². The first-order chi connectivity index (χ1) is 7.38. The Kier molecular flexibility index (Phi) is 2.50. The lowest BCUT2D eigenvalue weighted by molar-refractivity contribution is 0.119. The van der Waals surface area contributed by atoms with E-state index in [1.54, 1.807) is 0 Å². The Morgan fingerprint density at radius 1 is 1.19 bits per heavy atom. The van der Waals surface area contributed by atoms with Gasteiger partial charge in [-0.1, -0.05) is 0 Å². The molecule has 0 aliphatic carbocycles. The van der Waals surface area contributed by atoms with Crippen LogP contribution in [0.3, 0.4) is 0 Å². The van der Waals surface area contributed by atoms with Gasteiger partial charge >= 0.3 is 5.69 Å². The Labute approximate surface area is 93.5 Å². The van der Waals surface area contributed by atoms with Gasteiger partial charge in [-0.25, -0.2) is 4.79 Å². The van der Waals surface area contributed by atoms with Gasteiger partial charge in [-0.3, -0.25) is 14.7 Å². The van der Waals surface area contributed by atoms with Crippen LogP contribution in [-0.4, -0.2) is 27.0 Å². The summed E-state index contributed by atoms with van der Waals surface area (Å²) in [5.41, 5.74) is 0.857. The quantitative estimate of drug-likeness (QED) is 0.661. The minimum absolute atomic E-state index is 0.0419. The molecule has 1 aromatic rings. The van der Waals surface area contributed by atoms with E-state index in [0.717, 1.165) is 18.7 Å². The van der Waals surface area contributed by atoms with Crippen molar-refractivity contribution in [2.45, 2.75) is 39.3 Å². The number of H-pyrrole nitrogens is 2. The van der Waals surface area contributed by atoms with Gasteiger partial charge in [0, 0.05) is 30.7 Å². The number of hydrogen-bond acceptors (Lipinski definition) is 3. The average molecular weight is 223 g/mol. The molecule has 0 aromatic carbocycles. The molecule has 0 spiro atoms. The topological polar surface area (TPSA) is 69.0 Å². The van der Waals surface area contributed by atoms with E-state index in [4.69, 9.17) is 0 Å². The summed E-state index contributed by atoms with van der Waals surface area (Å²) >= 11 is 0. The van der Waals surface area contributed by atoms with Crippen LogP contribution in [0.15, 0.2) is 9.59 Å². The SMILES string of the molecule is CC(C)(C)N1CCc2[nH]c(=O)[nH]c(=O)c2C1. The third-order valence-corrected chi connectivity index (χ3v) is 3.06.